The fourth-order valence-corrected chi connectivity index (χ4v) is 3.73. The topological polar surface area (TPSA) is 78.9 Å². The average Bonchev–Trinajstić information content (AvgIpc) is 2.94. The van der Waals surface area contributed by atoms with E-state index in [0.717, 1.165) is 27.8 Å². The molecule has 0 spiro atoms. The van der Waals surface area contributed by atoms with Gasteiger partial charge in [-0.3, -0.25) is 0 Å². The van der Waals surface area contributed by atoms with Crippen LogP contribution in [0.3, 0.4) is 0 Å². The van der Waals surface area contributed by atoms with Gasteiger partial charge in [0, 0.05) is 22.6 Å². The van der Waals surface area contributed by atoms with Crippen molar-refractivity contribution in [1.82, 2.24) is 0 Å². The van der Waals surface area contributed by atoms with Gasteiger partial charge in [0.15, 0.2) is 0 Å². The SMILES string of the molecule is C=C(C)C(=O)OCC(COC(=O)C(=C)C)Cc1ccc(-c2ccc(-c3ccc(OC(=O)C(=C)C)cc3)cc2)cc1. The van der Waals surface area contributed by atoms with Gasteiger partial charge >= 0.3 is 17.9 Å². The third kappa shape index (κ3) is 8.67. The number of hydrogen-bond donors (Lipinski definition) is 0. The molecule has 0 unspecified atom stereocenters. The maximum Gasteiger partial charge on any atom is 0.338 e. The number of esters is 3. The van der Waals surface area contributed by atoms with E-state index < -0.39 is 17.9 Å². The van der Waals surface area contributed by atoms with Crippen molar-refractivity contribution in [2.24, 2.45) is 5.92 Å². The predicted molar refractivity (Wildman–Crippen MR) is 157 cm³/mol. The van der Waals surface area contributed by atoms with Gasteiger partial charge in [-0.15, -0.1) is 0 Å². The number of rotatable bonds is 12. The standard InChI is InChI=1S/C34H34O6/c1-22(2)32(35)38-20-26(21-39-33(36)23(3)4)19-25-7-9-27(10-8-25)28-11-13-29(14-12-28)30-15-17-31(18-16-30)40-34(37)24(5)6/h7-18,26H,1,3,5,19-21H2,2,4,6H3. The molecular weight excluding hydrogens is 504 g/mol. The molecule has 0 fully saturated rings. The molecule has 0 saturated carbocycles. The largest absolute Gasteiger partial charge is 0.462 e. The van der Waals surface area contributed by atoms with Crippen LogP contribution in [0.5, 0.6) is 5.75 Å². The van der Waals surface area contributed by atoms with E-state index in [1.165, 1.54) is 0 Å². The van der Waals surface area contributed by atoms with E-state index in [4.69, 9.17) is 14.2 Å². The molecule has 3 aromatic rings. The highest BCUT2D eigenvalue weighted by atomic mass is 16.5. The van der Waals surface area contributed by atoms with Crippen molar-refractivity contribution in [3.8, 4) is 28.0 Å². The lowest BCUT2D eigenvalue weighted by Gasteiger charge is -2.18. The lowest BCUT2D eigenvalue weighted by atomic mass is 9.96. The average molecular weight is 539 g/mol. The quantitative estimate of drug-likeness (QED) is 0.142. The highest BCUT2D eigenvalue weighted by Crippen LogP contribution is 2.27. The summed E-state index contributed by atoms with van der Waals surface area (Å²) in [7, 11) is 0. The minimum absolute atomic E-state index is 0.107. The molecule has 6 nitrogen and oxygen atoms in total. The van der Waals surface area contributed by atoms with Crippen LogP contribution >= 0.6 is 0 Å². The molecule has 3 aromatic carbocycles. The summed E-state index contributed by atoms with van der Waals surface area (Å²) >= 11 is 0. The van der Waals surface area contributed by atoms with Gasteiger partial charge in [-0.25, -0.2) is 14.4 Å². The molecule has 0 aliphatic rings. The Bertz CT molecular complexity index is 1370. The summed E-state index contributed by atoms with van der Waals surface area (Å²) < 4.78 is 15.9. The molecule has 0 atom stereocenters. The first kappa shape index (κ1) is 29.8. The van der Waals surface area contributed by atoms with Gasteiger partial charge in [-0.05, 0) is 67.1 Å². The summed E-state index contributed by atoms with van der Waals surface area (Å²) in [6.45, 7) is 15.8. The second kappa shape index (κ2) is 13.9. The Hall–Kier alpha value is -4.71. The molecule has 206 valence electrons. The molecule has 0 bridgehead atoms. The number of ether oxygens (including phenoxy) is 3. The van der Waals surface area contributed by atoms with Crippen molar-refractivity contribution in [2.45, 2.75) is 27.2 Å². The van der Waals surface area contributed by atoms with Crippen LogP contribution in [0.4, 0.5) is 0 Å². The van der Waals surface area contributed by atoms with Crippen LogP contribution < -0.4 is 4.74 Å². The van der Waals surface area contributed by atoms with Crippen LogP contribution in [-0.2, 0) is 30.3 Å². The summed E-state index contributed by atoms with van der Waals surface area (Å²) in [6.07, 6.45) is 0.559. The highest BCUT2D eigenvalue weighted by molar-refractivity contribution is 5.89. The Morgan fingerprint density at radius 2 is 0.925 bits per heavy atom. The van der Waals surface area contributed by atoms with Crippen LogP contribution in [0, 0.1) is 5.92 Å². The Kier molecular flexibility index (Phi) is 10.4. The van der Waals surface area contributed by atoms with Crippen LogP contribution in [0.1, 0.15) is 26.3 Å². The summed E-state index contributed by atoms with van der Waals surface area (Å²) in [5.41, 5.74) is 6.15. The third-order valence-corrected chi connectivity index (χ3v) is 6.04. The molecule has 0 saturated heterocycles. The van der Waals surface area contributed by atoms with E-state index in [1.54, 1.807) is 32.9 Å². The van der Waals surface area contributed by atoms with Crippen molar-refractivity contribution in [3.05, 3.63) is 115 Å². The van der Waals surface area contributed by atoms with Gasteiger partial charge in [-0.2, -0.15) is 0 Å². The normalized spacial score (nSPS) is 10.5. The van der Waals surface area contributed by atoms with Crippen molar-refractivity contribution >= 4 is 17.9 Å². The van der Waals surface area contributed by atoms with Crippen LogP contribution in [0.25, 0.3) is 22.3 Å². The van der Waals surface area contributed by atoms with E-state index in [0.29, 0.717) is 28.9 Å². The molecule has 40 heavy (non-hydrogen) atoms. The van der Waals surface area contributed by atoms with Crippen molar-refractivity contribution in [2.75, 3.05) is 13.2 Å². The molecule has 0 amide bonds. The molecule has 0 radical (unpaired) electrons. The maximum absolute atomic E-state index is 11.9. The summed E-state index contributed by atoms with van der Waals surface area (Å²) in [6, 6.07) is 23.6. The first-order chi connectivity index (χ1) is 19.0. The van der Waals surface area contributed by atoms with Gasteiger partial charge < -0.3 is 14.2 Å². The number of carbonyl (C=O) groups is 3. The van der Waals surface area contributed by atoms with Crippen molar-refractivity contribution < 1.29 is 28.6 Å². The highest BCUT2D eigenvalue weighted by Gasteiger charge is 2.17. The molecule has 0 aliphatic heterocycles. The zero-order valence-electron chi connectivity index (χ0n) is 23.2. The third-order valence-electron chi connectivity index (χ3n) is 6.04. The smallest absolute Gasteiger partial charge is 0.338 e. The predicted octanol–water partition coefficient (Wildman–Crippen LogP) is 6.90. The molecule has 0 N–H and O–H groups in total. The molecule has 0 aliphatic carbocycles. The Morgan fingerprint density at radius 1 is 0.575 bits per heavy atom. The van der Waals surface area contributed by atoms with E-state index in [9.17, 15) is 14.4 Å². The second-order valence-electron chi connectivity index (χ2n) is 9.80. The van der Waals surface area contributed by atoms with Crippen LogP contribution in [0.2, 0.25) is 0 Å². The van der Waals surface area contributed by atoms with Crippen molar-refractivity contribution in [1.29, 1.82) is 0 Å². The molecule has 3 rings (SSSR count). The van der Waals surface area contributed by atoms with Gasteiger partial charge in [0.25, 0.3) is 0 Å². The number of hydrogen-bond acceptors (Lipinski definition) is 6. The first-order valence-corrected chi connectivity index (χ1v) is 12.9. The monoisotopic (exact) mass is 538 g/mol. The zero-order valence-corrected chi connectivity index (χ0v) is 23.2. The van der Waals surface area contributed by atoms with E-state index in [-0.39, 0.29) is 19.1 Å². The lowest BCUT2D eigenvalue weighted by molar-refractivity contribution is -0.144. The van der Waals surface area contributed by atoms with Gasteiger partial charge in [0.2, 0.25) is 0 Å². The lowest BCUT2D eigenvalue weighted by Crippen LogP contribution is -2.23. The Labute approximate surface area is 235 Å². The first-order valence-electron chi connectivity index (χ1n) is 12.9. The Morgan fingerprint density at radius 3 is 1.30 bits per heavy atom. The molecule has 0 heterocycles. The minimum Gasteiger partial charge on any atom is -0.462 e. The maximum atomic E-state index is 11.9. The van der Waals surface area contributed by atoms with Gasteiger partial charge in [0.1, 0.15) is 5.75 Å². The van der Waals surface area contributed by atoms with Gasteiger partial charge in [0.05, 0.1) is 13.2 Å². The summed E-state index contributed by atoms with van der Waals surface area (Å²) in [5.74, 6) is -1.14. The Balaban J connectivity index is 1.66. The van der Waals surface area contributed by atoms with Gasteiger partial charge in [-0.1, -0.05) is 80.4 Å². The molecular formula is C34H34O6. The summed E-state index contributed by atoms with van der Waals surface area (Å²) in [4.78, 5) is 35.4. The molecule has 0 aromatic heterocycles. The second-order valence-corrected chi connectivity index (χ2v) is 9.80. The van der Waals surface area contributed by atoms with Crippen LogP contribution in [0.15, 0.2) is 109 Å². The van der Waals surface area contributed by atoms with Crippen molar-refractivity contribution in [3.63, 3.8) is 0 Å². The number of benzene rings is 3. The molecule has 6 heteroatoms. The minimum atomic E-state index is -0.475. The fourth-order valence-electron chi connectivity index (χ4n) is 3.73. The number of carbonyl (C=O) groups excluding carboxylic acids is 3. The van der Waals surface area contributed by atoms with Crippen LogP contribution in [-0.4, -0.2) is 31.1 Å². The van der Waals surface area contributed by atoms with E-state index in [2.05, 4.69) is 31.9 Å². The fraction of sp³-hybridized carbons (Fsp3) is 0.206. The summed E-state index contributed by atoms with van der Waals surface area (Å²) in [5, 5.41) is 0. The zero-order chi connectivity index (χ0) is 29.2. The van der Waals surface area contributed by atoms with E-state index in [1.807, 2.05) is 48.5 Å². The van der Waals surface area contributed by atoms with E-state index >= 15 is 0 Å².